The number of carbonyl (C=O) groups is 2. The number of rotatable bonds is 5. The zero-order valence-corrected chi connectivity index (χ0v) is 14.9. The Labute approximate surface area is 147 Å². The van der Waals surface area contributed by atoms with Crippen LogP contribution in [0.2, 0.25) is 0 Å². The number of thioether (sulfide) groups is 1. The quantitative estimate of drug-likeness (QED) is 0.617. The van der Waals surface area contributed by atoms with E-state index in [-0.39, 0.29) is 11.6 Å². The summed E-state index contributed by atoms with van der Waals surface area (Å²) in [7, 11) is 0. The minimum Gasteiger partial charge on any atom is -0.355 e. The topological polar surface area (TPSA) is 62.8 Å². The van der Waals surface area contributed by atoms with Crippen molar-refractivity contribution in [1.82, 2.24) is 9.97 Å². The second-order valence-electron chi connectivity index (χ2n) is 5.69. The van der Waals surface area contributed by atoms with E-state index in [9.17, 15) is 22.8 Å². The van der Waals surface area contributed by atoms with Crippen molar-refractivity contribution >= 4 is 23.3 Å². The van der Waals surface area contributed by atoms with Gasteiger partial charge in [0.05, 0.1) is 21.5 Å². The van der Waals surface area contributed by atoms with Crippen molar-refractivity contribution in [2.24, 2.45) is 0 Å². The normalized spacial score (nSPS) is 12.9. The van der Waals surface area contributed by atoms with Gasteiger partial charge in [0.15, 0.2) is 11.6 Å². The Morgan fingerprint density at radius 1 is 1.24 bits per heavy atom. The summed E-state index contributed by atoms with van der Waals surface area (Å²) < 4.78 is 37.6. The molecule has 2 rings (SSSR count). The summed E-state index contributed by atoms with van der Waals surface area (Å²) in [5.74, 6) is -0.366. The highest BCUT2D eigenvalue weighted by Gasteiger charge is 2.31. The summed E-state index contributed by atoms with van der Waals surface area (Å²) in [6.45, 7) is 6.49. The predicted octanol–water partition coefficient (Wildman–Crippen LogP) is 4.61. The maximum atomic E-state index is 12.6. The van der Waals surface area contributed by atoms with Gasteiger partial charge in [-0.3, -0.25) is 9.59 Å². The van der Waals surface area contributed by atoms with Crippen LogP contribution in [0.3, 0.4) is 0 Å². The lowest BCUT2D eigenvalue weighted by atomic mass is 10.0. The highest BCUT2D eigenvalue weighted by molar-refractivity contribution is 8.00. The van der Waals surface area contributed by atoms with Crippen molar-refractivity contribution in [3.05, 3.63) is 46.4 Å². The van der Waals surface area contributed by atoms with Crippen LogP contribution in [0.4, 0.5) is 13.2 Å². The van der Waals surface area contributed by atoms with Crippen LogP contribution >= 0.6 is 11.8 Å². The van der Waals surface area contributed by atoms with Gasteiger partial charge in [-0.2, -0.15) is 13.2 Å². The first kappa shape index (κ1) is 19.2. The van der Waals surface area contributed by atoms with Crippen LogP contribution in [0.5, 0.6) is 0 Å². The number of pyridine rings is 1. The van der Waals surface area contributed by atoms with E-state index in [1.54, 1.807) is 20.8 Å². The van der Waals surface area contributed by atoms with E-state index in [0.29, 0.717) is 27.5 Å². The van der Waals surface area contributed by atoms with Gasteiger partial charge in [-0.05, 0) is 45.4 Å². The highest BCUT2D eigenvalue weighted by Crippen LogP contribution is 2.31. The first-order chi connectivity index (χ1) is 11.5. The van der Waals surface area contributed by atoms with E-state index in [1.165, 1.54) is 13.0 Å². The summed E-state index contributed by atoms with van der Waals surface area (Å²) in [6, 6.07) is 2.18. The molecule has 0 aliphatic rings. The van der Waals surface area contributed by atoms with E-state index >= 15 is 0 Å². The van der Waals surface area contributed by atoms with E-state index in [2.05, 4.69) is 9.97 Å². The zero-order chi connectivity index (χ0) is 18.9. The van der Waals surface area contributed by atoms with Crippen molar-refractivity contribution in [2.75, 3.05) is 0 Å². The molecule has 1 atom stereocenters. The van der Waals surface area contributed by atoms with E-state index in [0.717, 1.165) is 24.0 Å². The number of halogens is 3. The Bertz CT molecular complexity index is 811. The van der Waals surface area contributed by atoms with Gasteiger partial charge in [0, 0.05) is 17.5 Å². The predicted molar refractivity (Wildman–Crippen MR) is 89.2 cm³/mol. The molecule has 134 valence electrons. The van der Waals surface area contributed by atoms with Crippen LogP contribution in [0.15, 0.2) is 23.4 Å². The monoisotopic (exact) mass is 370 g/mol. The smallest absolute Gasteiger partial charge is 0.355 e. The number of hydrogen-bond donors (Lipinski definition) is 1. The third-order valence-corrected chi connectivity index (χ3v) is 4.82. The third-order valence-electron chi connectivity index (χ3n) is 3.77. The van der Waals surface area contributed by atoms with Crippen molar-refractivity contribution in [3.63, 3.8) is 0 Å². The Kier molecular flexibility index (Phi) is 5.41. The number of aryl methyl sites for hydroxylation is 1. The van der Waals surface area contributed by atoms with Gasteiger partial charge in [0.2, 0.25) is 0 Å². The van der Waals surface area contributed by atoms with Gasteiger partial charge < -0.3 is 4.98 Å². The summed E-state index contributed by atoms with van der Waals surface area (Å²) >= 11 is 1.07. The van der Waals surface area contributed by atoms with Crippen molar-refractivity contribution in [3.8, 4) is 0 Å². The van der Waals surface area contributed by atoms with Crippen molar-refractivity contribution in [2.45, 2.75) is 44.1 Å². The molecule has 0 aliphatic heterocycles. The van der Waals surface area contributed by atoms with Crippen LogP contribution < -0.4 is 0 Å². The third kappa shape index (κ3) is 4.12. The SMILES string of the molecule is CC(=O)c1c(C)[nH]c(C(=O)[C@@H](C)Sc2ccc(C(F)(F)F)cn2)c1C. The number of H-pyrrole nitrogens is 1. The average Bonchev–Trinajstić information content (AvgIpc) is 2.80. The Morgan fingerprint density at radius 2 is 1.88 bits per heavy atom. The molecule has 2 heterocycles. The van der Waals surface area contributed by atoms with Crippen LogP contribution in [0, 0.1) is 13.8 Å². The lowest BCUT2D eigenvalue weighted by molar-refractivity contribution is -0.137. The summed E-state index contributed by atoms with van der Waals surface area (Å²) in [5.41, 5.74) is 1.21. The Morgan fingerprint density at radius 3 is 2.32 bits per heavy atom. The van der Waals surface area contributed by atoms with Crippen LogP contribution in [-0.4, -0.2) is 26.8 Å². The van der Waals surface area contributed by atoms with Crippen LogP contribution in [0.1, 0.15) is 51.5 Å². The van der Waals surface area contributed by atoms with E-state index < -0.39 is 17.0 Å². The van der Waals surface area contributed by atoms with E-state index in [4.69, 9.17) is 0 Å². The number of nitrogens with one attached hydrogen (secondary N) is 1. The minimum atomic E-state index is -4.44. The molecule has 0 fully saturated rings. The summed E-state index contributed by atoms with van der Waals surface area (Å²) in [6.07, 6.45) is -3.70. The maximum absolute atomic E-state index is 12.6. The van der Waals surface area contributed by atoms with Gasteiger partial charge in [0.25, 0.3) is 0 Å². The standard InChI is InChI=1S/C17H17F3N2O2S/c1-8-14(10(3)23)9(2)22-15(8)16(24)11(4)25-13-6-5-12(7-21-13)17(18,19)20/h5-7,11,22H,1-4H3/t11-/m1/s1. The van der Waals surface area contributed by atoms with Gasteiger partial charge >= 0.3 is 6.18 Å². The molecular weight excluding hydrogens is 353 g/mol. The number of aromatic nitrogens is 2. The Balaban J connectivity index is 2.19. The second-order valence-corrected chi connectivity index (χ2v) is 7.05. The molecule has 0 aromatic carbocycles. The molecule has 25 heavy (non-hydrogen) atoms. The van der Waals surface area contributed by atoms with Gasteiger partial charge in [-0.1, -0.05) is 11.8 Å². The second kappa shape index (κ2) is 7.03. The lowest BCUT2D eigenvalue weighted by Gasteiger charge is -2.11. The molecule has 8 heteroatoms. The minimum absolute atomic E-state index is 0.130. The van der Waals surface area contributed by atoms with E-state index in [1.807, 2.05) is 0 Å². The van der Waals surface area contributed by atoms with Crippen LogP contribution in [-0.2, 0) is 6.18 Å². The van der Waals surface area contributed by atoms with Crippen LogP contribution in [0.25, 0.3) is 0 Å². The van der Waals surface area contributed by atoms with Crippen molar-refractivity contribution < 1.29 is 22.8 Å². The number of nitrogens with zero attached hydrogens (tertiary/aromatic N) is 1. The molecule has 0 saturated carbocycles. The van der Waals surface area contributed by atoms with Gasteiger partial charge in [0.1, 0.15) is 0 Å². The molecule has 0 spiro atoms. The Hall–Kier alpha value is -2.09. The molecule has 2 aromatic rings. The fraction of sp³-hybridized carbons (Fsp3) is 0.353. The molecule has 0 unspecified atom stereocenters. The fourth-order valence-electron chi connectivity index (χ4n) is 2.58. The molecule has 0 bridgehead atoms. The van der Waals surface area contributed by atoms with Gasteiger partial charge in [-0.15, -0.1) is 0 Å². The van der Waals surface area contributed by atoms with Gasteiger partial charge in [-0.25, -0.2) is 4.98 Å². The summed E-state index contributed by atoms with van der Waals surface area (Å²) in [4.78, 5) is 31.0. The highest BCUT2D eigenvalue weighted by atomic mass is 32.2. The molecule has 2 aromatic heterocycles. The molecule has 1 N–H and O–H groups in total. The fourth-order valence-corrected chi connectivity index (χ4v) is 3.43. The average molecular weight is 370 g/mol. The largest absolute Gasteiger partial charge is 0.417 e. The molecular formula is C17H17F3N2O2S. The number of Topliss-reactive ketones (excluding diaryl/α,β-unsaturated/α-hetero) is 2. The number of ketones is 2. The first-order valence-electron chi connectivity index (χ1n) is 7.46. The molecule has 0 amide bonds. The molecule has 0 aliphatic carbocycles. The first-order valence-corrected chi connectivity index (χ1v) is 8.34. The summed E-state index contributed by atoms with van der Waals surface area (Å²) in [5, 5.41) is -0.248. The molecule has 4 nitrogen and oxygen atoms in total. The number of carbonyl (C=O) groups excluding carboxylic acids is 2. The van der Waals surface area contributed by atoms with Crippen molar-refractivity contribution in [1.29, 1.82) is 0 Å². The maximum Gasteiger partial charge on any atom is 0.417 e. The lowest BCUT2D eigenvalue weighted by Crippen LogP contribution is -2.15. The zero-order valence-electron chi connectivity index (χ0n) is 14.1. The molecule has 0 saturated heterocycles. The number of hydrogen-bond acceptors (Lipinski definition) is 4. The molecule has 0 radical (unpaired) electrons. The number of alkyl halides is 3. The number of aromatic amines is 1.